The molecule has 2 rings (SSSR count). The first-order chi connectivity index (χ1) is 8.85. The van der Waals surface area contributed by atoms with Crippen molar-refractivity contribution in [3.05, 3.63) is 35.2 Å². The van der Waals surface area contributed by atoms with Crippen LogP contribution in [0.4, 0.5) is 0 Å². The lowest BCUT2D eigenvalue weighted by Crippen LogP contribution is -2.31. The van der Waals surface area contributed by atoms with Gasteiger partial charge in [0.15, 0.2) is 0 Å². The molecular formula is C14H19NO2S. The molecule has 1 unspecified atom stereocenters. The van der Waals surface area contributed by atoms with Gasteiger partial charge >= 0.3 is 0 Å². The van der Waals surface area contributed by atoms with Crippen LogP contribution in [0.2, 0.25) is 0 Å². The van der Waals surface area contributed by atoms with Gasteiger partial charge < -0.3 is 14.8 Å². The van der Waals surface area contributed by atoms with Gasteiger partial charge in [0, 0.05) is 32.0 Å². The van der Waals surface area contributed by atoms with E-state index in [1.807, 2.05) is 0 Å². The second-order valence-corrected chi connectivity index (χ2v) is 5.11. The summed E-state index contributed by atoms with van der Waals surface area (Å²) in [7, 11) is 3.41. The van der Waals surface area contributed by atoms with Gasteiger partial charge in [-0.25, -0.2) is 0 Å². The van der Waals surface area contributed by atoms with Crippen molar-refractivity contribution in [2.75, 3.05) is 27.4 Å². The minimum absolute atomic E-state index is 0.111. The Morgan fingerprint density at radius 1 is 1.28 bits per heavy atom. The molecule has 0 saturated carbocycles. The van der Waals surface area contributed by atoms with Crippen LogP contribution in [0.1, 0.15) is 5.56 Å². The fourth-order valence-corrected chi connectivity index (χ4v) is 2.90. The fourth-order valence-electron chi connectivity index (χ4n) is 1.93. The summed E-state index contributed by atoms with van der Waals surface area (Å²) >= 11 is 1.79. The van der Waals surface area contributed by atoms with Crippen LogP contribution in [0.5, 0.6) is 0 Å². The van der Waals surface area contributed by atoms with Gasteiger partial charge in [-0.3, -0.25) is 0 Å². The van der Waals surface area contributed by atoms with E-state index in [-0.39, 0.29) is 6.10 Å². The second-order valence-electron chi connectivity index (χ2n) is 4.20. The largest absolute Gasteiger partial charge is 0.382 e. The van der Waals surface area contributed by atoms with Crippen LogP contribution in [0.3, 0.4) is 0 Å². The number of thiophene rings is 1. The number of methoxy groups -OCH3 is 2. The zero-order valence-corrected chi connectivity index (χ0v) is 11.6. The zero-order chi connectivity index (χ0) is 12.8. The Morgan fingerprint density at radius 2 is 2.11 bits per heavy atom. The van der Waals surface area contributed by atoms with Crippen molar-refractivity contribution in [2.45, 2.75) is 12.6 Å². The molecule has 1 atom stereocenters. The molecule has 0 bridgehead atoms. The van der Waals surface area contributed by atoms with Gasteiger partial charge in [-0.15, -0.1) is 11.3 Å². The van der Waals surface area contributed by atoms with Crippen molar-refractivity contribution in [3.63, 3.8) is 0 Å². The van der Waals surface area contributed by atoms with E-state index in [4.69, 9.17) is 9.47 Å². The van der Waals surface area contributed by atoms with E-state index in [1.165, 1.54) is 15.6 Å². The van der Waals surface area contributed by atoms with E-state index in [0.717, 1.165) is 13.1 Å². The van der Waals surface area contributed by atoms with Crippen LogP contribution >= 0.6 is 11.3 Å². The molecule has 0 aliphatic carbocycles. The van der Waals surface area contributed by atoms with E-state index in [9.17, 15) is 0 Å². The highest BCUT2D eigenvalue weighted by atomic mass is 32.1. The molecule has 4 heteroatoms. The lowest BCUT2D eigenvalue weighted by molar-refractivity contribution is 0.0288. The summed E-state index contributed by atoms with van der Waals surface area (Å²) in [5.41, 5.74) is 1.35. The monoisotopic (exact) mass is 265 g/mol. The normalized spacial score (nSPS) is 13.0. The van der Waals surface area contributed by atoms with Crippen molar-refractivity contribution in [1.29, 1.82) is 0 Å². The van der Waals surface area contributed by atoms with Crippen LogP contribution in [-0.2, 0) is 16.0 Å². The fraction of sp³-hybridized carbons (Fsp3) is 0.429. The summed E-state index contributed by atoms with van der Waals surface area (Å²) in [6.45, 7) is 2.29. The Kier molecular flexibility index (Phi) is 5.13. The molecule has 1 N–H and O–H groups in total. The quantitative estimate of drug-likeness (QED) is 0.835. The summed E-state index contributed by atoms with van der Waals surface area (Å²) in [6.07, 6.45) is 0.111. The molecule has 0 saturated heterocycles. The first kappa shape index (κ1) is 13.5. The van der Waals surface area contributed by atoms with E-state index in [2.05, 4.69) is 35.0 Å². The Balaban J connectivity index is 1.90. The van der Waals surface area contributed by atoms with Crippen LogP contribution in [0, 0.1) is 0 Å². The number of nitrogens with one attached hydrogen (secondary N) is 1. The summed E-state index contributed by atoms with van der Waals surface area (Å²) < 4.78 is 11.7. The van der Waals surface area contributed by atoms with Gasteiger partial charge in [-0.2, -0.15) is 0 Å². The molecule has 0 aliphatic heterocycles. The van der Waals surface area contributed by atoms with Gasteiger partial charge in [0.25, 0.3) is 0 Å². The molecule has 98 valence electrons. The predicted octanol–water partition coefficient (Wildman–Crippen LogP) is 2.65. The molecule has 0 radical (unpaired) electrons. The van der Waals surface area contributed by atoms with Crippen LogP contribution in [0.15, 0.2) is 29.6 Å². The van der Waals surface area contributed by atoms with Gasteiger partial charge in [-0.05, 0) is 22.4 Å². The average molecular weight is 265 g/mol. The van der Waals surface area contributed by atoms with Crippen molar-refractivity contribution >= 4 is 21.4 Å². The maximum Gasteiger partial charge on any atom is 0.0928 e. The third kappa shape index (κ3) is 3.29. The van der Waals surface area contributed by atoms with Gasteiger partial charge in [0.2, 0.25) is 0 Å². The third-order valence-electron chi connectivity index (χ3n) is 2.93. The number of rotatable bonds is 7. The Hall–Kier alpha value is -0.940. The van der Waals surface area contributed by atoms with Crippen molar-refractivity contribution in [1.82, 2.24) is 5.32 Å². The molecule has 2 aromatic rings. The minimum Gasteiger partial charge on any atom is -0.382 e. The molecule has 0 amide bonds. The first-order valence-corrected chi connectivity index (χ1v) is 6.90. The second kappa shape index (κ2) is 6.85. The summed E-state index contributed by atoms with van der Waals surface area (Å²) in [5.74, 6) is 0. The van der Waals surface area contributed by atoms with E-state index >= 15 is 0 Å². The molecule has 18 heavy (non-hydrogen) atoms. The van der Waals surface area contributed by atoms with E-state index in [1.54, 1.807) is 25.6 Å². The van der Waals surface area contributed by atoms with Gasteiger partial charge in [0.1, 0.15) is 0 Å². The SMILES string of the molecule is COCC(CNCc1csc2ccccc12)OC. The number of ether oxygens (including phenoxy) is 2. The lowest BCUT2D eigenvalue weighted by Gasteiger charge is -2.14. The maximum absolute atomic E-state index is 5.31. The molecule has 0 spiro atoms. The lowest BCUT2D eigenvalue weighted by atomic mass is 10.2. The third-order valence-corrected chi connectivity index (χ3v) is 3.95. The smallest absolute Gasteiger partial charge is 0.0928 e. The van der Waals surface area contributed by atoms with Crippen LogP contribution in [-0.4, -0.2) is 33.5 Å². The molecule has 0 aliphatic rings. The molecule has 0 fully saturated rings. The highest BCUT2D eigenvalue weighted by Crippen LogP contribution is 2.25. The molecule has 3 nitrogen and oxygen atoms in total. The average Bonchev–Trinajstić information content (AvgIpc) is 2.81. The molecule has 1 aromatic carbocycles. The maximum atomic E-state index is 5.31. The minimum atomic E-state index is 0.111. The first-order valence-electron chi connectivity index (χ1n) is 6.02. The van der Waals surface area contributed by atoms with Crippen LogP contribution in [0.25, 0.3) is 10.1 Å². The standard InChI is InChI=1S/C14H19NO2S/c1-16-9-12(17-2)8-15-7-11-10-18-14-6-4-3-5-13(11)14/h3-6,10,12,15H,7-9H2,1-2H3. The Bertz CT molecular complexity index is 483. The highest BCUT2D eigenvalue weighted by Gasteiger charge is 2.07. The molecule has 1 aromatic heterocycles. The molecular weight excluding hydrogens is 246 g/mol. The van der Waals surface area contributed by atoms with Crippen molar-refractivity contribution in [2.24, 2.45) is 0 Å². The van der Waals surface area contributed by atoms with Crippen molar-refractivity contribution < 1.29 is 9.47 Å². The summed E-state index contributed by atoms with van der Waals surface area (Å²) in [5, 5.41) is 6.98. The predicted molar refractivity (Wildman–Crippen MR) is 76.2 cm³/mol. The van der Waals surface area contributed by atoms with Gasteiger partial charge in [-0.1, -0.05) is 18.2 Å². The Morgan fingerprint density at radius 3 is 2.89 bits per heavy atom. The van der Waals surface area contributed by atoms with Crippen molar-refractivity contribution in [3.8, 4) is 0 Å². The summed E-state index contributed by atoms with van der Waals surface area (Å²) in [4.78, 5) is 0. The van der Waals surface area contributed by atoms with Gasteiger partial charge in [0.05, 0.1) is 12.7 Å². The topological polar surface area (TPSA) is 30.5 Å². The van der Waals surface area contributed by atoms with E-state index < -0.39 is 0 Å². The number of hydrogen-bond acceptors (Lipinski definition) is 4. The van der Waals surface area contributed by atoms with Crippen LogP contribution < -0.4 is 5.32 Å². The molecule has 1 heterocycles. The number of fused-ring (bicyclic) bond motifs is 1. The Labute approximate surface area is 112 Å². The van der Waals surface area contributed by atoms with E-state index in [0.29, 0.717) is 6.61 Å². The summed E-state index contributed by atoms with van der Waals surface area (Å²) in [6, 6.07) is 8.50. The zero-order valence-electron chi connectivity index (χ0n) is 10.8. The highest BCUT2D eigenvalue weighted by molar-refractivity contribution is 7.17. The number of hydrogen-bond donors (Lipinski definition) is 1. The number of benzene rings is 1.